The lowest BCUT2D eigenvalue weighted by Gasteiger charge is -2.14. The topological polar surface area (TPSA) is 54.3 Å². The van der Waals surface area contributed by atoms with Crippen LogP contribution in [0, 0.1) is 0 Å². The highest BCUT2D eigenvalue weighted by Crippen LogP contribution is 2.17. The molecule has 0 aliphatic rings. The zero-order valence-corrected chi connectivity index (χ0v) is 11.8. The van der Waals surface area contributed by atoms with E-state index in [1.165, 1.54) is 0 Å². The first-order chi connectivity index (χ1) is 9.74. The Morgan fingerprint density at radius 2 is 2.00 bits per heavy atom. The Morgan fingerprint density at radius 3 is 2.55 bits per heavy atom. The van der Waals surface area contributed by atoms with E-state index in [0.717, 1.165) is 24.3 Å². The largest absolute Gasteiger partial charge is 0.468 e. The van der Waals surface area contributed by atoms with Gasteiger partial charge in [0.15, 0.2) is 0 Å². The molecule has 4 nitrogen and oxygen atoms in total. The molecule has 4 heteroatoms. The Labute approximate surface area is 119 Å². The number of carbonyl (C=O) groups excluding carboxylic acids is 1. The Hall–Kier alpha value is -2.07. The number of benzene rings is 1. The Kier molecular flexibility index (Phi) is 4.96. The number of nitrogens with one attached hydrogen (secondary N) is 2. The number of hydrogen-bond acceptors (Lipinski definition) is 3. The monoisotopic (exact) mass is 272 g/mol. The fraction of sp³-hybridized carbons (Fsp3) is 0.312. The highest BCUT2D eigenvalue weighted by atomic mass is 16.3. The van der Waals surface area contributed by atoms with Gasteiger partial charge in [0, 0.05) is 19.2 Å². The molecule has 0 bridgehead atoms. The molecule has 2 N–H and O–H groups in total. The number of hydrogen-bond donors (Lipinski definition) is 2. The SMILES string of the molecule is CCC(NCc1ccc(C(=O)NC)cc1)c1ccco1. The molecule has 0 fully saturated rings. The molecule has 106 valence electrons. The lowest BCUT2D eigenvalue weighted by atomic mass is 10.1. The Morgan fingerprint density at radius 1 is 1.25 bits per heavy atom. The van der Waals surface area contributed by atoms with Gasteiger partial charge in [-0.05, 0) is 36.2 Å². The van der Waals surface area contributed by atoms with Crippen LogP contribution in [0.25, 0.3) is 0 Å². The van der Waals surface area contributed by atoms with Gasteiger partial charge < -0.3 is 15.1 Å². The van der Waals surface area contributed by atoms with Gasteiger partial charge in [0.2, 0.25) is 0 Å². The van der Waals surface area contributed by atoms with E-state index in [9.17, 15) is 4.79 Å². The normalized spacial score (nSPS) is 12.1. The summed E-state index contributed by atoms with van der Waals surface area (Å²) in [4.78, 5) is 11.5. The second-order valence-corrected chi connectivity index (χ2v) is 4.63. The average molecular weight is 272 g/mol. The summed E-state index contributed by atoms with van der Waals surface area (Å²) in [6.45, 7) is 2.86. The highest BCUT2D eigenvalue weighted by Gasteiger charge is 2.11. The van der Waals surface area contributed by atoms with E-state index in [1.54, 1.807) is 13.3 Å². The average Bonchev–Trinajstić information content (AvgIpc) is 3.02. The maximum Gasteiger partial charge on any atom is 0.251 e. The zero-order valence-electron chi connectivity index (χ0n) is 11.8. The minimum Gasteiger partial charge on any atom is -0.468 e. The number of rotatable bonds is 6. The van der Waals surface area contributed by atoms with Crippen LogP contribution >= 0.6 is 0 Å². The van der Waals surface area contributed by atoms with Crippen LogP contribution in [0.1, 0.15) is 41.1 Å². The maximum absolute atomic E-state index is 11.5. The molecule has 0 radical (unpaired) electrons. The summed E-state index contributed by atoms with van der Waals surface area (Å²) in [5.41, 5.74) is 1.82. The molecule has 20 heavy (non-hydrogen) atoms. The molecule has 1 atom stereocenters. The van der Waals surface area contributed by atoms with Crippen LogP contribution in [-0.2, 0) is 6.54 Å². The number of furan rings is 1. The standard InChI is InChI=1S/C16H20N2O2/c1-3-14(15-5-4-10-20-15)18-11-12-6-8-13(9-7-12)16(19)17-2/h4-10,14,18H,3,11H2,1-2H3,(H,17,19). The van der Waals surface area contributed by atoms with Gasteiger partial charge in [-0.2, -0.15) is 0 Å². The third-order valence-electron chi connectivity index (χ3n) is 3.29. The molecule has 1 heterocycles. The molecule has 0 saturated heterocycles. The summed E-state index contributed by atoms with van der Waals surface area (Å²) in [5, 5.41) is 6.07. The Balaban J connectivity index is 1.95. The van der Waals surface area contributed by atoms with Gasteiger partial charge in [0.25, 0.3) is 5.91 Å². The van der Waals surface area contributed by atoms with Gasteiger partial charge in [-0.25, -0.2) is 0 Å². The van der Waals surface area contributed by atoms with E-state index in [1.807, 2.05) is 36.4 Å². The van der Waals surface area contributed by atoms with Crippen LogP contribution in [0.3, 0.4) is 0 Å². The first-order valence-electron chi connectivity index (χ1n) is 6.82. The summed E-state index contributed by atoms with van der Waals surface area (Å²) in [6, 6.07) is 11.7. The molecule has 2 aromatic rings. The van der Waals surface area contributed by atoms with Crippen molar-refractivity contribution < 1.29 is 9.21 Å². The van der Waals surface area contributed by atoms with Crippen molar-refractivity contribution >= 4 is 5.91 Å². The molecule has 1 amide bonds. The molecule has 1 aromatic heterocycles. The molecule has 0 spiro atoms. The first kappa shape index (κ1) is 14.3. The summed E-state index contributed by atoms with van der Waals surface area (Å²) in [6.07, 6.45) is 2.65. The van der Waals surface area contributed by atoms with Crippen LogP contribution < -0.4 is 10.6 Å². The minimum atomic E-state index is -0.0634. The van der Waals surface area contributed by atoms with Gasteiger partial charge in [-0.3, -0.25) is 4.79 Å². The van der Waals surface area contributed by atoms with Crippen molar-refractivity contribution in [3.05, 3.63) is 59.5 Å². The van der Waals surface area contributed by atoms with Crippen molar-refractivity contribution in [1.29, 1.82) is 0 Å². The van der Waals surface area contributed by atoms with Crippen molar-refractivity contribution in [2.45, 2.75) is 25.9 Å². The zero-order chi connectivity index (χ0) is 14.4. The second-order valence-electron chi connectivity index (χ2n) is 4.63. The van der Waals surface area contributed by atoms with Gasteiger partial charge in [-0.1, -0.05) is 19.1 Å². The lowest BCUT2D eigenvalue weighted by molar-refractivity contribution is 0.0963. The maximum atomic E-state index is 11.5. The van der Waals surface area contributed by atoms with Crippen molar-refractivity contribution in [2.24, 2.45) is 0 Å². The third kappa shape index (κ3) is 3.48. The van der Waals surface area contributed by atoms with E-state index >= 15 is 0 Å². The highest BCUT2D eigenvalue weighted by molar-refractivity contribution is 5.93. The molecule has 0 aliphatic carbocycles. The number of carbonyl (C=O) groups is 1. The van der Waals surface area contributed by atoms with E-state index in [2.05, 4.69) is 17.6 Å². The molecule has 0 aliphatic heterocycles. The fourth-order valence-electron chi connectivity index (χ4n) is 2.10. The van der Waals surface area contributed by atoms with E-state index in [4.69, 9.17) is 4.42 Å². The van der Waals surface area contributed by atoms with E-state index < -0.39 is 0 Å². The van der Waals surface area contributed by atoms with E-state index in [-0.39, 0.29) is 11.9 Å². The second kappa shape index (κ2) is 6.91. The summed E-state index contributed by atoms with van der Waals surface area (Å²) in [5.74, 6) is 0.890. The van der Waals surface area contributed by atoms with Crippen molar-refractivity contribution in [1.82, 2.24) is 10.6 Å². The predicted molar refractivity (Wildman–Crippen MR) is 78.4 cm³/mol. The van der Waals surface area contributed by atoms with Gasteiger partial charge in [0.05, 0.1) is 12.3 Å². The van der Waals surface area contributed by atoms with Gasteiger partial charge in [-0.15, -0.1) is 0 Å². The fourth-order valence-corrected chi connectivity index (χ4v) is 2.10. The first-order valence-corrected chi connectivity index (χ1v) is 6.82. The Bertz CT molecular complexity index is 532. The summed E-state index contributed by atoms with van der Waals surface area (Å²) < 4.78 is 5.42. The van der Waals surface area contributed by atoms with Crippen molar-refractivity contribution in [2.75, 3.05) is 7.05 Å². The molecule has 1 unspecified atom stereocenters. The molecule has 1 aromatic carbocycles. The van der Waals surface area contributed by atoms with Crippen LogP contribution in [0.15, 0.2) is 47.1 Å². The predicted octanol–water partition coefficient (Wildman–Crippen LogP) is 2.88. The van der Waals surface area contributed by atoms with E-state index in [0.29, 0.717) is 5.56 Å². The summed E-state index contributed by atoms with van der Waals surface area (Å²) in [7, 11) is 1.63. The van der Waals surface area contributed by atoms with Crippen LogP contribution in [0.2, 0.25) is 0 Å². The quantitative estimate of drug-likeness (QED) is 0.850. The van der Waals surface area contributed by atoms with Crippen LogP contribution in [0.5, 0.6) is 0 Å². The van der Waals surface area contributed by atoms with Gasteiger partial charge >= 0.3 is 0 Å². The number of amides is 1. The lowest BCUT2D eigenvalue weighted by Crippen LogP contribution is -2.20. The van der Waals surface area contributed by atoms with Gasteiger partial charge in [0.1, 0.15) is 5.76 Å². The smallest absolute Gasteiger partial charge is 0.251 e. The summed E-state index contributed by atoms with van der Waals surface area (Å²) >= 11 is 0. The molecule has 0 saturated carbocycles. The molecule has 2 rings (SSSR count). The molecular formula is C16H20N2O2. The van der Waals surface area contributed by atoms with Crippen molar-refractivity contribution in [3.8, 4) is 0 Å². The van der Waals surface area contributed by atoms with Crippen LogP contribution in [0.4, 0.5) is 0 Å². The van der Waals surface area contributed by atoms with Crippen LogP contribution in [-0.4, -0.2) is 13.0 Å². The molecular weight excluding hydrogens is 252 g/mol. The van der Waals surface area contributed by atoms with Crippen molar-refractivity contribution in [3.63, 3.8) is 0 Å². The third-order valence-corrected chi connectivity index (χ3v) is 3.29. The minimum absolute atomic E-state index is 0.0634.